The summed E-state index contributed by atoms with van der Waals surface area (Å²) in [5.41, 5.74) is -0.779. The second-order valence-electron chi connectivity index (χ2n) is 7.28. The van der Waals surface area contributed by atoms with Crippen molar-refractivity contribution in [3.8, 4) is 0 Å². The lowest BCUT2D eigenvalue weighted by Gasteiger charge is -2.53. The van der Waals surface area contributed by atoms with Crippen molar-refractivity contribution in [2.75, 3.05) is 24.5 Å². The third-order valence-corrected chi connectivity index (χ3v) is 5.86. The summed E-state index contributed by atoms with van der Waals surface area (Å²) in [7, 11) is 1.98. The molecule has 0 radical (unpaired) electrons. The Labute approximate surface area is 152 Å². The first kappa shape index (κ1) is 17.0. The summed E-state index contributed by atoms with van der Waals surface area (Å²) in [5.74, 6) is 1.02. The van der Waals surface area contributed by atoms with Crippen molar-refractivity contribution in [2.24, 2.45) is 12.5 Å². The summed E-state index contributed by atoms with van der Waals surface area (Å²) in [6.45, 7) is 2.87. The minimum atomic E-state index is -0.779. The van der Waals surface area contributed by atoms with Crippen LogP contribution in [0.5, 0.6) is 0 Å². The monoisotopic (exact) mass is 356 g/mol. The van der Waals surface area contributed by atoms with Crippen LogP contribution in [0.25, 0.3) is 0 Å². The molecule has 0 aliphatic carbocycles. The fourth-order valence-electron chi connectivity index (χ4n) is 4.50. The van der Waals surface area contributed by atoms with E-state index in [0.717, 1.165) is 37.6 Å². The highest BCUT2D eigenvalue weighted by Gasteiger charge is 2.53. The lowest BCUT2D eigenvalue weighted by molar-refractivity contribution is -0.158. The summed E-state index contributed by atoms with van der Waals surface area (Å²) in [6.07, 6.45) is 11.1. The summed E-state index contributed by atoms with van der Waals surface area (Å²) in [6, 6.07) is 0.0124. The predicted octanol–water partition coefficient (Wildman–Crippen LogP) is 1.16. The van der Waals surface area contributed by atoms with E-state index in [1.165, 1.54) is 0 Å². The second kappa shape index (κ2) is 6.68. The van der Waals surface area contributed by atoms with Gasteiger partial charge in [-0.05, 0) is 25.8 Å². The van der Waals surface area contributed by atoms with Crippen LogP contribution in [0, 0.1) is 5.41 Å². The number of aliphatic carboxylic acids is 1. The maximum Gasteiger partial charge on any atom is 0.313 e. The minimum absolute atomic E-state index is 0.0124. The fraction of sp³-hybridized carbons (Fsp3) is 0.556. The second-order valence-corrected chi connectivity index (χ2v) is 7.28. The molecule has 0 unspecified atom stereocenters. The molecule has 2 aliphatic rings. The molecule has 8 nitrogen and oxygen atoms in total. The van der Waals surface area contributed by atoms with E-state index in [1.54, 1.807) is 24.8 Å². The topological polar surface area (TPSA) is 87.4 Å². The highest BCUT2D eigenvalue weighted by atomic mass is 16.4. The van der Waals surface area contributed by atoms with Crippen LogP contribution >= 0.6 is 0 Å². The number of fused-ring (bicyclic) bond motifs is 1. The van der Waals surface area contributed by atoms with Gasteiger partial charge in [0.15, 0.2) is 0 Å². The van der Waals surface area contributed by atoms with E-state index < -0.39 is 11.4 Å². The van der Waals surface area contributed by atoms with Gasteiger partial charge in [0.25, 0.3) is 0 Å². The van der Waals surface area contributed by atoms with Gasteiger partial charge in [-0.15, -0.1) is 0 Å². The Morgan fingerprint density at radius 2 is 2.19 bits per heavy atom. The Morgan fingerprint density at radius 3 is 2.88 bits per heavy atom. The van der Waals surface area contributed by atoms with Crippen molar-refractivity contribution >= 4 is 11.8 Å². The highest BCUT2D eigenvalue weighted by Crippen LogP contribution is 2.43. The number of likely N-dealkylation sites (tertiary alicyclic amines) is 1. The lowest BCUT2D eigenvalue weighted by atomic mass is 9.69. The summed E-state index contributed by atoms with van der Waals surface area (Å²) in [5, 5.41) is 10.2. The number of carboxylic acids is 1. The molecule has 0 bridgehead atoms. The van der Waals surface area contributed by atoms with Crippen molar-refractivity contribution < 1.29 is 9.90 Å². The molecule has 2 aromatic rings. The highest BCUT2D eigenvalue weighted by molar-refractivity contribution is 5.77. The van der Waals surface area contributed by atoms with Gasteiger partial charge in [0.2, 0.25) is 0 Å². The van der Waals surface area contributed by atoms with E-state index in [9.17, 15) is 9.90 Å². The van der Waals surface area contributed by atoms with Crippen molar-refractivity contribution in [3.63, 3.8) is 0 Å². The maximum atomic E-state index is 12.4. The Morgan fingerprint density at radius 1 is 1.31 bits per heavy atom. The van der Waals surface area contributed by atoms with Gasteiger partial charge in [0.1, 0.15) is 17.1 Å². The van der Waals surface area contributed by atoms with E-state index in [-0.39, 0.29) is 6.04 Å². The number of aryl methyl sites for hydroxylation is 1. The molecule has 2 aromatic heterocycles. The molecule has 0 saturated carbocycles. The number of carboxylic acid groups (broad SMARTS) is 1. The largest absolute Gasteiger partial charge is 0.481 e. The molecule has 138 valence electrons. The first-order chi connectivity index (χ1) is 12.6. The third kappa shape index (κ3) is 2.84. The molecule has 2 fully saturated rings. The first-order valence-corrected chi connectivity index (χ1v) is 9.05. The standard InChI is InChI=1S/C18H24N6O2/c1-22-10-7-21-16(22)12-23-8-2-4-18(17(25)26)13-24(9-3-14(18)23)15-11-19-5-6-20-15/h5-7,10-11,14H,2-4,8-9,12-13H2,1H3,(H,25,26)/t14-,18+/m1/s1. The van der Waals surface area contributed by atoms with Gasteiger partial charge in [-0.25, -0.2) is 9.97 Å². The van der Waals surface area contributed by atoms with E-state index in [0.29, 0.717) is 19.5 Å². The number of hydrogen-bond donors (Lipinski definition) is 1. The molecule has 0 spiro atoms. The van der Waals surface area contributed by atoms with Crippen LogP contribution in [0.3, 0.4) is 0 Å². The predicted molar refractivity (Wildman–Crippen MR) is 95.6 cm³/mol. The van der Waals surface area contributed by atoms with Gasteiger partial charge in [0.05, 0.1) is 12.7 Å². The van der Waals surface area contributed by atoms with E-state index >= 15 is 0 Å². The zero-order valence-corrected chi connectivity index (χ0v) is 15.0. The summed E-state index contributed by atoms with van der Waals surface area (Å²) in [4.78, 5) is 29.7. The zero-order chi connectivity index (χ0) is 18.1. The summed E-state index contributed by atoms with van der Waals surface area (Å²) >= 11 is 0. The quantitative estimate of drug-likeness (QED) is 0.879. The van der Waals surface area contributed by atoms with Crippen LogP contribution < -0.4 is 4.90 Å². The van der Waals surface area contributed by atoms with Gasteiger partial charge in [-0.3, -0.25) is 14.7 Å². The van der Waals surface area contributed by atoms with Crippen LogP contribution in [0.15, 0.2) is 31.0 Å². The van der Waals surface area contributed by atoms with E-state index in [1.807, 2.05) is 17.8 Å². The molecule has 0 amide bonds. The van der Waals surface area contributed by atoms with Crippen LogP contribution in [0.1, 0.15) is 25.1 Å². The number of nitrogens with zero attached hydrogens (tertiary/aromatic N) is 6. The minimum Gasteiger partial charge on any atom is -0.481 e. The van der Waals surface area contributed by atoms with Crippen molar-refractivity contribution in [1.82, 2.24) is 24.4 Å². The average Bonchev–Trinajstić information content (AvgIpc) is 3.07. The van der Waals surface area contributed by atoms with E-state index in [4.69, 9.17) is 0 Å². The molecule has 4 rings (SSSR count). The molecule has 2 atom stereocenters. The first-order valence-electron chi connectivity index (χ1n) is 9.05. The van der Waals surface area contributed by atoms with Gasteiger partial charge < -0.3 is 14.6 Å². The molecular weight excluding hydrogens is 332 g/mol. The van der Waals surface area contributed by atoms with Crippen LogP contribution in [0.2, 0.25) is 0 Å². The fourth-order valence-corrected chi connectivity index (χ4v) is 4.50. The van der Waals surface area contributed by atoms with Gasteiger partial charge in [-0.2, -0.15) is 0 Å². The Balaban J connectivity index is 1.60. The van der Waals surface area contributed by atoms with Crippen molar-refractivity contribution in [1.29, 1.82) is 0 Å². The SMILES string of the molecule is Cn1ccnc1CN1CCC[C@]2(C(=O)O)CN(c3cnccn3)CC[C@@H]12. The number of anilines is 1. The molecule has 0 aromatic carbocycles. The van der Waals surface area contributed by atoms with Crippen molar-refractivity contribution in [2.45, 2.75) is 31.8 Å². The Kier molecular flexibility index (Phi) is 4.36. The number of aromatic nitrogens is 4. The normalized spacial score (nSPS) is 26.5. The van der Waals surface area contributed by atoms with E-state index in [2.05, 4.69) is 24.8 Å². The summed E-state index contributed by atoms with van der Waals surface area (Å²) < 4.78 is 2.01. The van der Waals surface area contributed by atoms with Crippen LogP contribution in [0.4, 0.5) is 5.82 Å². The number of hydrogen-bond acceptors (Lipinski definition) is 6. The Hall–Kier alpha value is -2.48. The van der Waals surface area contributed by atoms with Gasteiger partial charge >= 0.3 is 5.97 Å². The number of carbonyl (C=O) groups is 1. The number of imidazole rings is 1. The number of rotatable bonds is 4. The zero-order valence-electron chi connectivity index (χ0n) is 15.0. The molecule has 26 heavy (non-hydrogen) atoms. The van der Waals surface area contributed by atoms with Crippen molar-refractivity contribution in [3.05, 3.63) is 36.8 Å². The lowest BCUT2D eigenvalue weighted by Crippen LogP contribution is -2.64. The number of piperidine rings is 2. The maximum absolute atomic E-state index is 12.4. The molecule has 1 N–H and O–H groups in total. The molecule has 2 saturated heterocycles. The molecule has 8 heteroatoms. The average molecular weight is 356 g/mol. The molecule has 2 aliphatic heterocycles. The smallest absolute Gasteiger partial charge is 0.313 e. The van der Waals surface area contributed by atoms with Crippen LogP contribution in [-0.4, -0.2) is 61.2 Å². The van der Waals surface area contributed by atoms with Gasteiger partial charge in [0, 0.05) is 51.0 Å². The molecule has 4 heterocycles. The Bertz CT molecular complexity index is 779. The molecular formula is C18H24N6O2. The van der Waals surface area contributed by atoms with Crippen LogP contribution in [-0.2, 0) is 18.4 Å². The van der Waals surface area contributed by atoms with Gasteiger partial charge in [-0.1, -0.05) is 0 Å². The third-order valence-electron chi connectivity index (χ3n) is 5.86.